The first kappa shape index (κ1) is 11.5. The Labute approximate surface area is 109 Å². The number of hydrogen-bond donors (Lipinski definition) is 2. The number of pyridine rings is 1. The zero-order valence-corrected chi connectivity index (χ0v) is 10.1. The third-order valence-corrected chi connectivity index (χ3v) is 3.00. The summed E-state index contributed by atoms with van der Waals surface area (Å²) >= 11 is 0. The topological polar surface area (TPSA) is 62.2 Å². The molecule has 0 aliphatic carbocycles. The van der Waals surface area contributed by atoms with Crippen molar-refractivity contribution in [1.82, 2.24) is 4.98 Å². The molecular weight excluding hydrogens is 240 g/mol. The molecule has 0 unspecified atom stereocenters. The zero-order chi connectivity index (χ0) is 13.2. The van der Waals surface area contributed by atoms with Crippen LogP contribution >= 0.6 is 0 Å². The molecule has 0 fully saturated rings. The fraction of sp³-hybridized carbons (Fsp3) is 0.0667. The Bertz CT molecular complexity index is 714. The highest BCUT2D eigenvalue weighted by Gasteiger charge is 2.08. The quantitative estimate of drug-likeness (QED) is 0.703. The van der Waals surface area contributed by atoms with E-state index in [0.717, 1.165) is 27.5 Å². The molecule has 94 valence electrons. The molecular formula is C15H12N2O2. The maximum absolute atomic E-state index is 10.8. The number of carboxylic acid groups (broad SMARTS) is 1. The molecule has 0 spiro atoms. The first-order valence-electron chi connectivity index (χ1n) is 5.99. The SMILES string of the molecule is O=C(O)CNc1c2ccccc2nc2ccccc12. The number of fused-ring (bicyclic) bond motifs is 2. The molecule has 0 bridgehead atoms. The zero-order valence-electron chi connectivity index (χ0n) is 10.1. The summed E-state index contributed by atoms with van der Waals surface area (Å²) in [7, 11) is 0. The van der Waals surface area contributed by atoms with Crippen LogP contribution in [0.2, 0.25) is 0 Å². The molecule has 0 aliphatic heterocycles. The van der Waals surface area contributed by atoms with Crippen LogP contribution in [0.25, 0.3) is 21.8 Å². The summed E-state index contributed by atoms with van der Waals surface area (Å²) in [5.41, 5.74) is 2.53. The molecule has 0 aliphatic rings. The van der Waals surface area contributed by atoms with Gasteiger partial charge in [0.15, 0.2) is 0 Å². The van der Waals surface area contributed by atoms with Crippen LogP contribution in [0.5, 0.6) is 0 Å². The second-order valence-electron chi connectivity index (χ2n) is 4.27. The summed E-state index contributed by atoms with van der Waals surface area (Å²) in [5.74, 6) is -0.884. The number of anilines is 1. The van der Waals surface area contributed by atoms with E-state index in [4.69, 9.17) is 5.11 Å². The van der Waals surface area contributed by atoms with Crippen LogP contribution in [0.15, 0.2) is 48.5 Å². The number of benzene rings is 2. The number of rotatable bonds is 3. The van der Waals surface area contributed by atoms with Crippen molar-refractivity contribution in [2.45, 2.75) is 0 Å². The van der Waals surface area contributed by atoms with E-state index in [-0.39, 0.29) is 6.54 Å². The van der Waals surface area contributed by atoms with E-state index in [1.54, 1.807) is 0 Å². The third-order valence-electron chi connectivity index (χ3n) is 3.00. The highest BCUT2D eigenvalue weighted by atomic mass is 16.4. The molecule has 2 aromatic carbocycles. The van der Waals surface area contributed by atoms with Gasteiger partial charge >= 0.3 is 5.97 Å². The first-order chi connectivity index (χ1) is 9.25. The van der Waals surface area contributed by atoms with Crippen molar-refractivity contribution >= 4 is 33.5 Å². The van der Waals surface area contributed by atoms with E-state index in [1.165, 1.54) is 0 Å². The van der Waals surface area contributed by atoms with E-state index in [0.29, 0.717) is 0 Å². The Morgan fingerprint density at radius 1 is 1.00 bits per heavy atom. The number of para-hydroxylation sites is 2. The first-order valence-corrected chi connectivity index (χ1v) is 5.99. The number of aromatic nitrogens is 1. The molecule has 19 heavy (non-hydrogen) atoms. The van der Waals surface area contributed by atoms with Gasteiger partial charge in [-0.05, 0) is 12.1 Å². The van der Waals surface area contributed by atoms with Crippen LogP contribution in [-0.2, 0) is 4.79 Å². The van der Waals surface area contributed by atoms with Crippen molar-refractivity contribution < 1.29 is 9.90 Å². The minimum absolute atomic E-state index is 0.113. The van der Waals surface area contributed by atoms with Gasteiger partial charge in [-0.3, -0.25) is 4.79 Å². The van der Waals surface area contributed by atoms with Gasteiger partial charge in [-0.2, -0.15) is 0 Å². The van der Waals surface area contributed by atoms with E-state index < -0.39 is 5.97 Å². The second kappa shape index (κ2) is 4.57. The monoisotopic (exact) mass is 252 g/mol. The molecule has 0 amide bonds. The molecule has 1 heterocycles. The number of carboxylic acids is 1. The lowest BCUT2D eigenvalue weighted by Gasteiger charge is -2.11. The van der Waals surface area contributed by atoms with Crippen molar-refractivity contribution in [3.05, 3.63) is 48.5 Å². The Kier molecular flexibility index (Phi) is 2.76. The fourth-order valence-electron chi connectivity index (χ4n) is 2.19. The van der Waals surface area contributed by atoms with Gasteiger partial charge in [-0.15, -0.1) is 0 Å². The van der Waals surface area contributed by atoms with Gasteiger partial charge in [0, 0.05) is 10.8 Å². The molecule has 4 heteroatoms. The predicted octanol–water partition coefficient (Wildman–Crippen LogP) is 2.88. The third kappa shape index (κ3) is 2.08. The van der Waals surface area contributed by atoms with E-state index in [1.807, 2.05) is 48.5 Å². The lowest BCUT2D eigenvalue weighted by Crippen LogP contribution is -2.13. The number of nitrogens with one attached hydrogen (secondary N) is 1. The minimum atomic E-state index is -0.884. The lowest BCUT2D eigenvalue weighted by atomic mass is 10.1. The van der Waals surface area contributed by atoms with Gasteiger partial charge in [0.2, 0.25) is 0 Å². The lowest BCUT2D eigenvalue weighted by molar-refractivity contribution is -0.134. The number of hydrogen-bond acceptors (Lipinski definition) is 3. The predicted molar refractivity (Wildman–Crippen MR) is 75.4 cm³/mol. The average molecular weight is 252 g/mol. The van der Waals surface area contributed by atoms with Crippen molar-refractivity contribution in [3.63, 3.8) is 0 Å². The maximum atomic E-state index is 10.8. The second-order valence-corrected chi connectivity index (χ2v) is 4.27. The molecule has 1 aromatic heterocycles. The van der Waals surface area contributed by atoms with Gasteiger partial charge in [0.05, 0.1) is 16.7 Å². The molecule has 0 saturated carbocycles. The summed E-state index contributed by atoms with van der Waals surface area (Å²) in [6, 6.07) is 15.4. The molecule has 3 rings (SSSR count). The molecule has 0 radical (unpaired) electrons. The summed E-state index contributed by atoms with van der Waals surface area (Å²) in [4.78, 5) is 15.3. The Morgan fingerprint density at radius 2 is 1.53 bits per heavy atom. The summed E-state index contributed by atoms with van der Waals surface area (Å²) in [6.45, 7) is -0.113. The van der Waals surface area contributed by atoms with E-state index in [2.05, 4.69) is 10.3 Å². The van der Waals surface area contributed by atoms with Crippen molar-refractivity contribution in [3.8, 4) is 0 Å². The van der Waals surface area contributed by atoms with Gasteiger partial charge in [-0.1, -0.05) is 36.4 Å². The van der Waals surface area contributed by atoms with Crippen molar-refractivity contribution in [2.75, 3.05) is 11.9 Å². The van der Waals surface area contributed by atoms with Gasteiger partial charge in [0.1, 0.15) is 6.54 Å². The molecule has 4 nitrogen and oxygen atoms in total. The summed E-state index contributed by atoms with van der Waals surface area (Å²) in [6.07, 6.45) is 0. The fourth-order valence-corrected chi connectivity index (χ4v) is 2.19. The molecule has 2 N–H and O–H groups in total. The van der Waals surface area contributed by atoms with Crippen LogP contribution in [0.4, 0.5) is 5.69 Å². The number of nitrogens with zero attached hydrogens (tertiary/aromatic N) is 1. The van der Waals surface area contributed by atoms with Gasteiger partial charge in [0.25, 0.3) is 0 Å². The van der Waals surface area contributed by atoms with Crippen LogP contribution in [0, 0.1) is 0 Å². The number of aliphatic carboxylic acids is 1. The average Bonchev–Trinajstić information content (AvgIpc) is 2.43. The number of carbonyl (C=O) groups is 1. The van der Waals surface area contributed by atoms with Crippen LogP contribution in [0.3, 0.4) is 0 Å². The highest BCUT2D eigenvalue weighted by molar-refractivity contribution is 6.07. The minimum Gasteiger partial charge on any atom is -0.480 e. The van der Waals surface area contributed by atoms with Crippen molar-refractivity contribution in [2.24, 2.45) is 0 Å². The molecule has 0 saturated heterocycles. The van der Waals surface area contributed by atoms with Gasteiger partial charge < -0.3 is 10.4 Å². The van der Waals surface area contributed by atoms with Crippen LogP contribution in [0.1, 0.15) is 0 Å². The molecule has 0 atom stereocenters. The Morgan fingerprint density at radius 3 is 2.05 bits per heavy atom. The normalized spacial score (nSPS) is 10.7. The highest BCUT2D eigenvalue weighted by Crippen LogP contribution is 2.30. The summed E-state index contributed by atoms with van der Waals surface area (Å²) < 4.78 is 0. The maximum Gasteiger partial charge on any atom is 0.322 e. The largest absolute Gasteiger partial charge is 0.480 e. The van der Waals surface area contributed by atoms with E-state index in [9.17, 15) is 4.79 Å². The smallest absolute Gasteiger partial charge is 0.322 e. The Balaban J connectivity index is 2.29. The van der Waals surface area contributed by atoms with Crippen molar-refractivity contribution in [1.29, 1.82) is 0 Å². The molecule has 3 aromatic rings. The standard InChI is InChI=1S/C15H12N2O2/c18-14(19)9-16-15-10-5-1-3-7-12(10)17-13-8-4-2-6-11(13)15/h1-8H,9H2,(H,16,17)(H,18,19). The summed E-state index contributed by atoms with van der Waals surface area (Å²) in [5, 5.41) is 13.7. The van der Waals surface area contributed by atoms with Gasteiger partial charge in [-0.25, -0.2) is 4.98 Å². The Hall–Kier alpha value is -2.62. The van der Waals surface area contributed by atoms with Crippen LogP contribution < -0.4 is 5.32 Å². The van der Waals surface area contributed by atoms with Crippen LogP contribution in [-0.4, -0.2) is 22.6 Å². The van der Waals surface area contributed by atoms with E-state index >= 15 is 0 Å².